The van der Waals surface area contributed by atoms with E-state index in [9.17, 15) is 0 Å². The van der Waals surface area contributed by atoms with Crippen LogP contribution in [0.15, 0.2) is 12.4 Å². The number of likely N-dealkylation sites (N-methyl/N-ethyl adjacent to an activating group) is 1. The monoisotopic (exact) mass is 197 g/mol. The molecule has 78 valence electrons. The molecule has 0 aromatic carbocycles. The van der Waals surface area contributed by atoms with Crippen molar-refractivity contribution in [3.8, 4) is 0 Å². The molecule has 0 aliphatic carbocycles. The zero-order chi connectivity index (χ0) is 10.4. The van der Waals surface area contributed by atoms with Gasteiger partial charge in [0.15, 0.2) is 5.82 Å². The summed E-state index contributed by atoms with van der Waals surface area (Å²) >= 11 is 0. The number of ether oxygens (including phenoxy) is 1. The smallest absolute Gasteiger partial charge is 0.160 e. The number of hydrogen-bond acceptors (Lipinski definition) is 6. The summed E-state index contributed by atoms with van der Waals surface area (Å²) < 4.78 is 4.96. The van der Waals surface area contributed by atoms with Gasteiger partial charge >= 0.3 is 0 Å². The van der Waals surface area contributed by atoms with Crippen LogP contribution in [0.1, 0.15) is 0 Å². The van der Waals surface area contributed by atoms with Gasteiger partial charge in [-0.25, -0.2) is 10.8 Å². The highest BCUT2D eigenvalue weighted by Gasteiger charge is 2.02. The van der Waals surface area contributed by atoms with Gasteiger partial charge in [0.25, 0.3) is 0 Å². The molecule has 0 atom stereocenters. The van der Waals surface area contributed by atoms with Crippen LogP contribution in [0.25, 0.3) is 0 Å². The molecule has 1 rings (SSSR count). The van der Waals surface area contributed by atoms with Crippen molar-refractivity contribution in [3.63, 3.8) is 0 Å². The molecule has 0 fully saturated rings. The lowest BCUT2D eigenvalue weighted by Crippen LogP contribution is -2.23. The standard InChI is InChI=1S/C8H15N5O/c1-13(3-4-14-2)8-6-10-5-7(11-8)12-9/h5-6H,3-4,9H2,1-2H3,(H,11,12). The van der Waals surface area contributed by atoms with Crippen molar-refractivity contribution in [2.45, 2.75) is 0 Å². The van der Waals surface area contributed by atoms with Crippen LogP contribution in [-0.4, -0.2) is 37.3 Å². The maximum absolute atomic E-state index is 5.22. The van der Waals surface area contributed by atoms with Crippen LogP contribution >= 0.6 is 0 Å². The highest BCUT2D eigenvalue weighted by molar-refractivity contribution is 5.42. The van der Waals surface area contributed by atoms with Gasteiger partial charge < -0.3 is 15.1 Å². The van der Waals surface area contributed by atoms with Crippen LogP contribution in [-0.2, 0) is 4.74 Å². The third-order valence-corrected chi connectivity index (χ3v) is 1.79. The summed E-state index contributed by atoms with van der Waals surface area (Å²) in [6.07, 6.45) is 3.24. The quantitative estimate of drug-likeness (QED) is 0.505. The van der Waals surface area contributed by atoms with E-state index in [0.29, 0.717) is 12.4 Å². The first-order chi connectivity index (χ1) is 6.77. The second-order valence-electron chi connectivity index (χ2n) is 2.82. The average Bonchev–Trinajstić information content (AvgIpc) is 2.26. The Kier molecular flexibility index (Phi) is 4.09. The summed E-state index contributed by atoms with van der Waals surface area (Å²) in [5.41, 5.74) is 2.45. The fourth-order valence-corrected chi connectivity index (χ4v) is 0.952. The first-order valence-corrected chi connectivity index (χ1v) is 4.26. The van der Waals surface area contributed by atoms with Gasteiger partial charge in [0.2, 0.25) is 0 Å². The molecule has 1 aromatic heterocycles. The number of nitrogens with zero attached hydrogens (tertiary/aromatic N) is 3. The Morgan fingerprint density at radius 3 is 3.00 bits per heavy atom. The van der Waals surface area contributed by atoms with Crippen LogP contribution in [0.2, 0.25) is 0 Å². The van der Waals surface area contributed by atoms with Crippen molar-refractivity contribution in [3.05, 3.63) is 12.4 Å². The molecule has 1 heterocycles. The average molecular weight is 197 g/mol. The topological polar surface area (TPSA) is 76.3 Å². The van der Waals surface area contributed by atoms with E-state index in [2.05, 4.69) is 15.4 Å². The molecule has 0 unspecified atom stereocenters. The number of hydrazine groups is 1. The summed E-state index contributed by atoms with van der Waals surface area (Å²) in [7, 11) is 3.58. The number of rotatable bonds is 5. The first kappa shape index (κ1) is 10.7. The van der Waals surface area contributed by atoms with Crippen LogP contribution in [0.4, 0.5) is 11.6 Å². The summed E-state index contributed by atoms with van der Waals surface area (Å²) in [4.78, 5) is 10.2. The molecule has 0 aliphatic rings. The third-order valence-electron chi connectivity index (χ3n) is 1.79. The molecular formula is C8H15N5O. The Labute approximate surface area is 83.1 Å². The Balaban J connectivity index is 2.64. The molecule has 0 saturated heterocycles. The van der Waals surface area contributed by atoms with Crippen LogP contribution in [0, 0.1) is 0 Å². The maximum atomic E-state index is 5.22. The Morgan fingerprint density at radius 2 is 2.36 bits per heavy atom. The molecular weight excluding hydrogens is 182 g/mol. The van der Waals surface area contributed by atoms with Crippen LogP contribution < -0.4 is 16.2 Å². The minimum Gasteiger partial charge on any atom is -0.383 e. The van der Waals surface area contributed by atoms with E-state index in [1.807, 2.05) is 11.9 Å². The fraction of sp³-hybridized carbons (Fsp3) is 0.500. The van der Waals surface area contributed by atoms with Gasteiger partial charge in [-0.2, -0.15) is 0 Å². The second-order valence-corrected chi connectivity index (χ2v) is 2.82. The molecule has 6 heteroatoms. The van der Waals surface area contributed by atoms with Crippen molar-refractivity contribution < 1.29 is 4.74 Å². The summed E-state index contributed by atoms with van der Waals surface area (Å²) in [5, 5.41) is 0. The molecule has 14 heavy (non-hydrogen) atoms. The third kappa shape index (κ3) is 2.82. The van der Waals surface area contributed by atoms with E-state index < -0.39 is 0 Å². The molecule has 0 amide bonds. The number of nitrogen functional groups attached to an aromatic ring is 1. The van der Waals surface area contributed by atoms with Crippen LogP contribution in [0.5, 0.6) is 0 Å². The van der Waals surface area contributed by atoms with Crippen molar-refractivity contribution in [1.29, 1.82) is 0 Å². The van der Waals surface area contributed by atoms with Gasteiger partial charge in [-0.3, -0.25) is 4.98 Å². The number of methoxy groups -OCH3 is 1. The normalized spacial score (nSPS) is 9.93. The molecule has 0 spiro atoms. The van der Waals surface area contributed by atoms with Crippen LogP contribution in [0.3, 0.4) is 0 Å². The van der Waals surface area contributed by atoms with Crippen molar-refractivity contribution >= 4 is 11.6 Å². The van der Waals surface area contributed by atoms with Gasteiger partial charge in [0, 0.05) is 20.7 Å². The predicted octanol–water partition coefficient (Wildman–Crippen LogP) is -0.155. The predicted molar refractivity (Wildman–Crippen MR) is 55.0 cm³/mol. The molecule has 3 N–H and O–H groups in total. The number of hydrogen-bond donors (Lipinski definition) is 2. The van der Waals surface area contributed by atoms with E-state index in [0.717, 1.165) is 12.4 Å². The van der Waals surface area contributed by atoms with E-state index >= 15 is 0 Å². The summed E-state index contributed by atoms with van der Waals surface area (Å²) in [5.74, 6) is 6.53. The second kappa shape index (κ2) is 5.36. The SMILES string of the molecule is COCCN(C)c1cncc(NN)n1. The summed E-state index contributed by atoms with van der Waals surface area (Å²) in [6, 6.07) is 0. The summed E-state index contributed by atoms with van der Waals surface area (Å²) in [6.45, 7) is 1.41. The first-order valence-electron chi connectivity index (χ1n) is 4.26. The molecule has 0 saturated carbocycles. The minimum atomic E-state index is 0.548. The van der Waals surface area contributed by atoms with E-state index in [1.54, 1.807) is 19.5 Å². The van der Waals surface area contributed by atoms with E-state index in [-0.39, 0.29) is 0 Å². The van der Waals surface area contributed by atoms with Gasteiger partial charge in [0.05, 0.1) is 19.0 Å². The lowest BCUT2D eigenvalue weighted by Gasteiger charge is -2.17. The number of aromatic nitrogens is 2. The lowest BCUT2D eigenvalue weighted by molar-refractivity contribution is 0.206. The molecule has 0 bridgehead atoms. The largest absolute Gasteiger partial charge is 0.383 e. The van der Waals surface area contributed by atoms with Crippen molar-refractivity contribution in [2.24, 2.45) is 5.84 Å². The zero-order valence-electron chi connectivity index (χ0n) is 8.40. The van der Waals surface area contributed by atoms with Gasteiger partial charge in [0.1, 0.15) is 5.82 Å². The Bertz CT molecular complexity index is 280. The fourth-order valence-electron chi connectivity index (χ4n) is 0.952. The van der Waals surface area contributed by atoms with Crippen molar-refractivity contribution in [2.75, 3.05) is 37.6 Å². The molecule has 1 aromatic rings. The number of nitrogens with two attached hydrogens (primary N) is 1. The van der Waals surface area contributed by atoms with Gasteiger partial charge in [-0.15, -0.1) is 0 Å². The molecule has 0 radical (unpaired) electrons. The highest BCUT2D eigenvalue weighted by Crippen LogP contribution is 2.09. The molecule has 0 aliphatic heterocycles. The highest BCUT2D eigenvalue weighted by atomic mass is 16.5. The lowest BCUT2D eigenvalue weighted by atomic mass is 10.5. The maximum Gasteiger partial charge on any atom is 0.160 e. The molecule has 6 nitrogen and oxygen atoms in total. The van der Waals surface area contributed by atoms with Crippen molar-refractivity contribution in [1.82, 2.24) is 9.97 Å². The number of anilines is 2. The minimum absolute atomic E-state index is 0.548. The number of nitrogens with one attached hydrogen (secondary N) is 1. The van der Waals surface area contributed by atoms with E-state index in [1.165, 1.54) is 0 Å². The van der Waals surface area contributed by atoms with E-state index in [4.69, 9.17) is 10.6 Å². The van der Waals surface area contributed by atoms with Gasteiger partial charge in [-0.1, -0.05) is 0 Å². The Morgan fingerprint density at radius 1 is 1.57 bits per heavy atom. The van der Waals surface area contributed by atoms with Gasteiger partial charge in [-0.05, 0) is 0 Å². The zero-order valence-corrected chi connectivity index (χ0v) is 8.40. The Hall–Kier alpha value is -1.40.